The third-order valence-corrected chi connectivity index (χ3v) is 3.02. The maximum absolute atomic E-state index is 5.99. The number of halogens is 1. The highest BCUT2D eigenvalue weighted by Crippen LogP contribution is 2.21. The van der Waals surface area contributed by atoms with E-state index in [1.54, 1.807) is 0 Å². The fraction of sp³-hybridized carbons (Fsp3) is 0.538. The van der Waals surface area contributed by atoms with Gasteiger partial charge in [0.25, 0.3) is 0 Å². The molecule has 0 fully saturated rings. The monoisotopic (exact) mass is 240 g/mol. The molecule has 0 heterocycles. The Morgan fingerprint density at radius 3 is 2.25 bits per heavy atom. The summed E-state index contributed by atoms with van der Waals surface area (Å²) in [5.41, 5.74) is 7.87. The Labute approximate surface area is 103 Å². The molecule has 1 rings (SSSR count). The zero-order valence-electron chi connectivity index (χ0n) is 10.5. The number of hydrogen-bond acceptors (Lipinski definition) is 2. The van der Waals surface area contributed by atoms with Gasteiger partial charge >= 0.3 is 0 Å². The van der Waals surface area contributed by atoms with E-state index in [1.165, 1.54) is 0 Å². The van der Waals surface area contributed by atoms with E-state index >= 15 is 0 Å². The SMILES string of the molecule is CC(C)N(Cc1cc(Cl)ccc1N)C(C)C. The van der Waals surface area contributed by atoms with Crippen LogP contribution >= 0.6 is 11.6 Å². The number of nitrogen functional groups attached to an aromatic ring is 1. The lowest BCUT2D eigenvalue weighted by Gasteiger charge is -2.31. The Hall–Kier alpha value is -0.730. The minimum absolute atomic E-state index is 0.499. The van der Waals surface area contributed by atoms with Gasteiger partial charge in [-0.2, -0.15) is 0 Å². The highest BCUT2D eigenvalue weighted by Gasteiger charge is 2.15. The van der Waals surface area contributed by atoms with Gasteiger partial charge in [-0.1, -0.05) is 11.6 Å². The number of hydrogen-bond donors (Lipinski definition) is 1. The molecule has 0 atom stereocenters. The van der Waals surface area contributed by atoms with Crippen LogP contribution in [0, 0.1) is 0 Å². The summed E-state index contributed by atoms with van der Waals surface area (Å²) in [5.74, 6) is 0. The highest BCUT2D eigenvalue weighted by molar-refractivity contribution is 6.30. The number of benzene rings is 1. The Kier molecular flexibility index (Phi) is 4.63. The summed E-state index contributed by atoms with van der Waals surface area (Å²) in [6.45, 7) is 9.63. The summed E-state index contributed by atoms with van der Waals surface area (Å²) < 4.78 is 0. The maximum Gasteiger partial charge on any atom is 0.0410 e. The summed E-state index contributed by atoms with van der Waals surface area (Å²) in [4.78, 5) is 2.39. The van der Waals surface area contributed by atoms with Crippen LogP contribution in [0.5, 0.6) is 0 Å². The first-order valence-corrected chi connectivity index (χ1v) is 6.09. The minimum Gasteiger partial charge on any atom is -0.398 e. The smallest absolute Gasteiger partial charge is 0.0410 e. The average Bonchev–Trinajstić information content (AvgIpc) is 2.18. The second-order valence-corrected chi connectivity index (χ2v) is 5.14. The van der Waals surface area contributed by atoms with E-state index in [-0.39, 0.29) is 0 Å². The van der Waals surface area contributed by atoms with Crippen LogP contribution in [-0.2, 0) is 6.54 Å². The van der Waals surface area contributed by atoms with Crippen LogP contribution in [-0.4, -0.2) is 17.0 Å². The standard InChI is InChI=1S/C13H21ClN2/c1-9(2)16(10(3)4)8-11-7-12(14)5-6-13(11)15/h5-7,9-10H,8,15H2,1-4H3. The molecule has 0 amide bonds. The predicted octanol–water partition coefficient (Wildman–Crippen LogP) is 3.54. The molecule has 0 aromatic heterocycles. The molecule has 90 valence electrons. The van der Waals surface area contributed by atoms with Crippen molar-refractivity contribution in [2.75, 3.05) is 5.73 Å². The van der Waals surface area contributed by atoms with Crippen molar-refractivity contribution in [2.24, 2.45) is 0 Å². The number of rotatable bonds is 4. The van der Waals surface area contributed by atoms with Gasteiger partial charge in [-0.05, 0) is 51.5 Å². The van der Waals surface area contributed by atoms with Gasteiger partial charge in [0.2, 0.25) is 0 Å². The van der Waals surface area contributed by atoms with Crippen molar-refractivity contribution in [1.29, 1.82) is 0 Å². The molecular weight excluding hydrogens is 220 g/mol. The van der Waals surface area contributed by atoms with Gasteiger partial charge in [0.05, 0.1) is 0 Å². The van der Waals surface area contributed by atoms with Gasteiger partial charge in [-0.3, -0.25) is 4.90 Å². The van der Waals surface area contributed by atoms with E-state index in [1.807, 2.05) is 18.2 Å². The average molecular weight is 241 g/mol. The zero-order valence-corrected chi connectivity index (χ0v) is 11.3. The van der Waals surface area contributed by atoms with Gasteiger partial charge in [-0.25, -0.2) is 0 Å². The Balaban J connectivity index is 2.89. The first kappa shape index (κ1) is 13.3. The number of nitrogens with zero attached hydrogens (tertiary/aromatic N) is 1. The van der Waals surface area contributed by atoms with Crippen molar-refractivity contribution >= 4 is 17.3 Å². The lowest BCUT2D eigenvalue weighted by atomic mass is 10.1. The van der Waals surface area contributed by atoms with Crippen molar-refractivity contribution in [3.8, 4) is 0 Å². The van der Waals surface area contributed by atoms with E-state index in [4.69, 9.17) is 17.3 Å². The summed E-state index contributed by atoms with van der Waals surface area (Å²) in [7, 11) is 0. The summed E-state index contributed by atoms with van der Waals surface area (Å²) in [5, 5.41) is 0.747. The van der Waals surface area contributed by atoms with E-state index in [0.29, 0.717) is 12.1 Å². The van der Waals surface area contributed by atoms with E-state index in [0.717, 1.165) is 22.8 Å². The van der Waals surface area contributed by atoms with E-state index in [2.05, 4.69) is 32.6 Å². The van der Waals surface area contributed by atoms with Crippen molar-refractivity contribution in [3.05, 3.63) is 28.8 Å². The summed E-state index contributed by atoms with van der Waals surface area (Å²) >= 11 is 5.99. The van der Waals surface area contributed by atoms with Crippen LogP contribution in [0.15, 0.2) is 18.2 Å². The van der Waals surface area contributed by atoms with Gasteiger partial charge in [0.15, 0.2) is 0 Å². The first-order chi connectivity index (χ1) is 7.41. The number of nitrogens with two attached hydrogens (primary N) is 1. The molecule has 1 aromatic carbocycles. The van der Waals surface area contributed by atoms with Crippen molar-refractivity contribution < 1.29 is 0 Å². The predicted molar refractivity (Wildman–Crippen MR) is 71.7 cm³/mol. The van der Waals surface area contributed by atoms with Crippen LogP contribution < -0.4 is 5.73 Å². The molecule has 0 aliphatic heterocycles. The van der Waals surface area contributed by atoms with Gasteiger partial charge in [0, 0.05) is 29.3 Å². The molecule has 2 N–H and O–H groups in total. The molecule has 2 nitrogen and oxygen atoms in total. The Bertz CT molecular complexity index is 340. The van der Waals surface area contributed by atoms with Crippen molar-refractivity contribution in [2.45, 2.75) is 46.3 Å². The van der Waals surface area contributed by atoms with Crippen LogP contribution in [0.3, 0.4) is 0 Å². The highest BCUT2D eigenvalue weighted by atomic mass is 35.5. The fourth-order valence-corrected chi connectivity index (χ4v) is 2.06. The zero-order chi connectivity index (χ0) is 12.3. The molecule has 3 heteroatoms. The lowest BCUT2D eigenvalue weighted by molar-refractivity contribution is 0.166. The first-order valence-electron chi connectivity index (χ1n) is 5.71. The van der Waals surface area contributed by atoms with Gasteiger partial charge in [0.1, 0.15) is 0 Å². The van der Waals surface area contributed by atoms with Crippen LogP contribution in [0.4, 0.5) is 5.69 Å². The maximum atomic E-state index is 5.99. The Morgan fingerprint density at radius 2 is 1.75 bits per heavy atom. The molecule has 0 radical (unpaired) electrons. The van der Waals surface area contributed by atoms with E-state index in [9.17, 15) is 0 Å². The molecule has 16 heavy (non-hydrogen) atoms. The normalized spacial score (nSPS) is 11.8. The van der Waals surface area contributed by atoms with Gasteiger partial charge < -0.3 is 5.73 Å². The van der Waals surface area contributed by atoms with E-state index < -0.39 is 0 Å². The third-order valence-electron chi connectivity index (χ3n) is 2.78. The topological polar surface area (TPSA) is 29.3 Å². The second kappa shape index (κ2) is 5.55. The molecule has 0 aliphatic rings. The van der Waals surface area contributed by atoms with Crippen LogP contribution in [0.25, 0.3) is 0 Å². The van der Waals surface area contributed by atoms with Crippen LogP contribution in [0.2, 0.25) is 5.02 Å². The molecule has 1 aromatic rings. The third kappa shape index (κ3) is 3.39. The van der Waals surface area contributed by atoms with Gasteiger partial charge in [-0.15, -0.1) is 0 Å². The largest absolute Gasteiger partial charge is 0.398 e. The fourth-order valence-electron chi connectivity index (χ4n) is 1.87. The molecule has 0 saturated carbocycles. The molecule has 0 unspecified atom stereocenters. The minimum atomic E-state index is 0.499. The Morgan fingerprint density at radius 1 is 1.19 bits per heavy atom. The van der Waals surface area contributed by atoms with Crippen LogP contribution in [0.1, 0.15) is 33.3 Å². The molecular formula is C13H21ClN2. The molecule has 0 aliphatic carbocycles. The number of anilines is 1. The summed E-state index contributed by atoms with van der Waals surface area (Å²) in [6.07, 6.45) is 0. The molecule has 0 bridgehead atoms. The van der Waals surface area contributed by atoms with Crippen molar-refractivity contribution in [3.63, 3.8) is 0 Å². The summed E-state index contributed by atoms with van der Waals surface area (Å²) in [6, 6.07) is 6.65. The lowest BCUT2D eigenvalue weighted by Crippen LogP contribution is -2.36. The molecule has 0 saturated heterocycles. The molecule has 0 spiro atoms. The quantitative estimate of drug-likeness (QED) is 0.816. The second-order valence-electron chi connectivity index (χ2n) is 4.70. The van der Waals surface area contributed by atoms with Crippen molar-refractivity contribution in [1.82, 2.24) is 4.90 Å².